The van der Waals surface area contributed by atoms with Gasteiger partial charge in [0.15, 0.2) is 0 Å². The van der Waals surface area contributed by atoms with Gasteiger partial charge in [0.2, 0.25) is 5.91 Å². The Kier molecular flexibility index (Phi) is 4.36. The highest BCUT2D eigenvalue weighted by atomic mass is 16.2. The number of carbonyl (C=O) groups excluding carboxylic acids is 1. The van der Waals surface area contributed by atoms with E-state index in [-0.39, 0.29) is 11.9 Å². The summed E-state index contributed by atoms with van der Waals surface area (Å²) < 4.78 is 0. The average molecular weight is 272 g/mol. The smallest absolute Gasteiger partial charge is 0.241 e. The van der Waals surface area contributed by atoms with Gasteiger partial charge in [0.1, 0.15) is 6.04 Å². The third kappa shape index (κ3) is 3.04. The van der Waals surface area contributed by atoms with Crippen LogP contribution in [0, 0.1) is 5.92 Å². The molecule has 1 amide bonds. The van der Waals surface area contributed by atoms with Crippen LogP contribution in [0.5, 0.6) is 0 Å². The van der Waals surface area contributed by atoms with Crippen LogP contribution in [0.3, 0.4) is 0 Å². The van der Waals surface area contributed by atoms with Gasteiger partial charge in [-0.3, -0.25) is 4.79 Å². The zero-order chi connectivity index (χ0) is 13.8. The Labute approximate surface area is 121 Å². The molecule has 1 unspecified atom stereocenters. The maximum atomic E-state index is 12.4. The van der Waals surface area contributed by atoms with Crippen LogP contribution in [-0.2, 0) is 11.2 Å². The van der Waals surface area contributed by atoms with Gasteiger partial charge in [-0.1, -0.05) is 43.5 Å². The van der Waals surface area contributed by atoms with E-state index in [1.54, 1.807) is 0 Å². The molecule has 0 aromatic heterocycles. The summed E-state index contributed by atoms with van der Waals surface area (Å²) in [6.45, 7) is 1.73. The first-order valence-electron chi connectivity index (χ1n) is 7.93. The molecule has 1 aliphatic carbocycles. The highest BCUT2D eigenvalue weighted by Crippen LogP contribution is 2.24. The van der Waals surface area contributed by atoms with E-state index in [0.29, 0.717) is 5.92 Å². The van der Waals surface area contributed by atoms with Gasteiger partial charge in [-0.25, -0.2) is 0 Å². The van der Waals surface area contributed by atoms with Gasteiger partial charge in [0.05, 0.1) is 0 Å². The zero-order valence-corrected chi connectivity index (χ0v) is 12.0. The second-order valence-corrected chi connectivity index (χ2v) is 6.09. The molecule has 1 aliphatic heterocycles. The lowest BCUT2D eigenvalue weighted by Crippen LogP contribution is -2.42. The van der Waals surface area contributed by atoms with Gasteiger partial charge >= 0.3 is 0 Å². The molecule has 108 valence electrons. The summed E-state index contributed by atoms with van der Waals surface area (Å²) in [4.78, 5) is 12.4. The Morgan fingerprint density at radius 1 is 1.20 bits per heavy atom. The lowest BCUT2D eigenvalue weighted by Gasteiger charge is -2.27. The molecule has 0 bridgehead atoms. The van der Waals surface area contributed by atoms with Crippen molar-refractivity contribution >= 4 is 5.91 Å². The van der Waals surface area contributed by atoms with E-state index in [2.05, 4.69) is 28.8 Å². The standard InChI is InChI=1S/C17H24N2O/c20-17(19-12-13-6-2-1-3-7-13)16-15-9-5-4-8-14(15)10-11-18-16/h4-5,8-9,13,16,18H,1-3,6-7,10-12H2,(H,19,20). The lowest BCUT2D eigenvalue weighted by atomic mass is 9.89. The summed E-state index contributed by atoms with van der Waals surface area (Å²) in [5.41, 5.74) is 2.46. The van der Waals surface area contributed by atoms with Gasteiger partial charge in [-0.05, 0) is 36.3 Å². The molecule has 20 heavy (non-hydrogen) atoms. The first kappa shape index (κ1) is 13.6. The summed E-state index contributed by atoms with van der Waals surface area (Å²) in [6, 6.07) is 8.13. The Hall–Kier alpha value is -1.35. The van der Waals surface area contributed by atoms with Gasteiger partial charge in [-0.15, -0.1) is 0 Å². The highest BCUT2D eigenvalue weighted by Gasteiger charge is 2.26. The molecule has 0 radical (unpaired) electrons. The van der Waals surface area contributed by atoms with Crippen LogP contribution in [0.25, 0.3) is 0 Å². The largest absolute Gasteiger partial charge is 0.354 e. The Morgan fingerprint density at radius 3 is 2.85 bits per heavy atom. The summed E-state index contributed by atoms with van der Waals surface area (Å²) in [5.74, 6) is 0.828. The van der Waals surface area contributed by atoms with E-state index >= 15 is 0 Å². The molecule has 1 fully saturated rings. The van der Waals surface area contributed by atoms with Crippen molar-refractivity contribution in [1.82, 2.24) is 10.6 Å². The monoisotopic (exact) mass is 272 g/mol. The van der Waals surface area contributed by atoms with Crippen LogP contribution in [0.15, 0.2) is 24.3 Å². The molecule has 1 saturated carbocycles. The van der Waals surface area contributed by atoms with Gasteiger partial charge in [0.25, 0.3) is 0 Å². The summed E-state index contributed by atoms with van der Waals surface area (Å²) in [5, 5.41) is 6.51. The molecule has 1 atom stereocenters. The molecule has 0 saturated heterocycles. The molecule has 1 aromatic rings. The van der Waals surface area contributed by atoms with Gasteiger partial charge < -0.3 is 10.6 Å². The number of hydrogen-bond donors (Lipinski definition) is 2. The van der Waals surface area contributed by atoms with Crippen LogP contribution < -0.4 is 10.6 Å². The molecule has 0 spiro atoms. The zero-order valence-electron chi connectivity index (χ0n) is 12.0. The minimum Gasteiger partial charge on any atom is -0.354 e. The minimum atomic E-state index is -0.163. The fraction of sp³-hybridized carbons (Fsp3) is 0.588. The van der Waals surface area contributed by atoms with Crippen LogP contribution in [0.4, 0.5) is 0 Å². The van der Waals surface area contributed by atoms with Crippen molar-refractivity contribution in [2.24, 2.45) is 5.92 Å². The first-order chi connectivity index (χ1) is 9.84. The SMILES string of the molecule is O=C(NCC1CCCCC1)C1NCCc2ccccc21. The molecule has 3 heteroatoms. The molecule has 1 aromatic carbocycles. The summed E-state index contributed by atoms with van der Waals surface area (Å²) in [6.07, 6.45) is 7.57. The predicted molar refractivity (Wildman–Crippen MR) is 80.5 cm³/mol. The van der Waals surface area contributed by atoms with Crippen molar-refractivity contribution in [2.45, 2.75) is 44.6 Å². The number of hydrogen-bond acceptors (Lipinski definition) is 2. The van der Waals surface area contributed by atoms with Crippen LogP contribution >= 0.6 is 0 Å². The Bertz CT molecular complexity index is 466. The minimum absolute atomic E-state index is 0.141. The highest BCUT2D eigenvalue weighted by molar-refractivity contribution is 5.83. The second-order valence-electron chi connectivity index (χ2n) is 6.09. The second kappa shape index (κ2) is 6.40. The molecular formula is C17H24N2O. The number of fused-ring (bicyclic) bond motifs is 1. The van der Waals surface area contributed by atoms with Crippen LogP contribution in [0.2, 0.25) is 0 Å². The van der Waals surface area contributed by atoms with E-state index in [4.69, 9.17) is 0 Å². The topological polar surface area (TPSA) is 41.1 Å². The maximum Gasteiger partial charge on any atom is 0.241 e. The van der Waals surface area contributed by atoms with Gasteiger partial charge in [0, 0.05) is 13.1 Å². The van der Waals surface area contributed by atoms with Crippen molar-refractivity contribution in [3.8, 4) is 0 Å². The van der Waals surface area contributed by atoms with Crippen molar-refractivity contribution in [3.05, 3.63) is 35.4 Å². The quantitative estimate of drug-likeness (QED) is 0.888. The predicted octanol–water partition coefficient (Wildman–Crippen LogP) is 2.57. The van der Waals surface area contributed by atoms with Crippen LogP contribution in [-0.4, -0.2) is 19.0 Å². The fourth-order valence-electron chi connectivity index (χ4n) is 3.48. The van der Waals surface area contributed by atoms with E-state index in [1.165, 1.54) is 37.7 Å². The van der Waals surface area contributed by atoms with Crippen molar-refractivity contribution in [3.63, 3.8) is 0 Å². The van der Waals surface area contributed by atoms with Crippen molar-refractivity contribution in [1.29, 1.82) is 0 Å². The molecule has 2 N–H and O–H groups in total. The summed E-state index contributed by atoms with van der Waals surface area (Å²) >= 11 is 0. The maximum absolute atomic E-state index is 12.4. The van der Waals surface area contributed by atoms with Crippen molar-refractivity contribution in [2.75, 3.05) is 13.1 Å². The van der Waals surface area contributed by atoms with Crippen molar-refractivity contribution < 1.29 is 4.79 Å². The number of benzene rings is 1. The Morgan fingerprint density at radius 2 is 2.00 bits per heavy atom. The van der Waals surface area contributed by atoms with E-state index in [0.717, 1.165) is 25.1 Å². The van der Waals surface area contributed by atoms with Crippen LogP contribution in [0.1, 0.15) is 49.3 Å². The molecular weight excluding hydrogens is 248 g/mol. The molecule has 3 nitrogen and oxygen atoms in total. The van der Waals surface area contributed by atoms with Gasteiger partial charge in [-0.2, -0.15) is 0 Å². The number of amides is 1. The first-order valence-corrected chi connectivity index (χ1v) is 7.93. The number of rotatable bonds is 3. The Balaban J connectivity index is 1.60. The average Bonchev–Trinajstić information content (AvgIpc) is 2.53. The number of nitrogens with one attached hydrogen (secondary N) is 2. The third-order valence-corrected chi connectivity index (χ3v) is 4.66. The fourth-order valence-corrected chi connectivity index (χ4v) is 3.48. The third-order valence-electron chi connectivity index (χ3n) is 4.66. The summed E-state index contributed by atoms with van der Waals surface area (Å²) in [7, 11) is 0. The van der Waals surface area contributed by atoms with E-state index < -0.39 is 0 Å². The number of carbonyl (C=O) groups is 1. The molecule has 1 heterocycles. The van der Waals surface area contributed by atoms with E-state index in [1.807, 2.05) is 6.07 Å². The molecule has 3 rings (SSSR count). The normalized spacial score (nSPS) is 23.1. The van der Waals surface area contributed by atoms with E-state index in [9.17, 15) is 4.79 Å². The lowest BCUT2D eigenvalue weighted by molar-refractivity contribution is -0.123. The molecule has 2 aliphatic rings.